The number of rotatable bonds is 5. The lowest BCUT2D eigenvalue weighted by Gasteiger charge is -2.07. The number of hydrogen-bond acceptors (Lipinski definition) is 3. The highest BCUT2D eigenvalue weighted by atomic mass is 16.4. The summed E-state index contributed by atoms with van der Waals surface area (Å²) < 4.78 is 2.07. The standard InChI is InChI=1S/C13H16N4O/c14-12(16-18)7-4-9-17-10-8-15-13(17)11-5-2-1-3-6-11/h1-3,5-6,8,10,18H,4,7,9H2,(H2,14,16). The average molecular weight is 244 g/mol. The second kappa shape index (κ2) is 5.86. The van der Waals surface area contributed by atoms with Crippen molar-refractivity contribution in [3.05, 3.63) is 42.7 Å². The van der Waals surface area contributed by atoms with Gasteiger partial charge in [0.15, 0.2) is 0 Å². The van der Waals surface area contributed by atoms with Crippen molar-refractivity contribution in [3.8, 4) is 11.4 Å². The van der Waals surface area contributed by atoms with Gasteiger partial charge in [-0.3, -0.25) is 0 Å². The predicted octanol–water partition coefficient (Wildman–Crippen LogP) is 2.08. The van der Waals surface area contributed by atoms with E-state index in [1.54, 1.807) is 6.20 Å². The third kappa shape index (κ3) is 2.88. The van der Waals surface area contributed by atoms with Crippen molar-refractivity contribution in [1.82, 2.24) is 9.55 Å². The van der Waals surface area contributed by atoms with Crippen molar-refractivity contribution >= 4 is 5.84 Å². The Morgan fingerprint density at radius 3 is 2.83 bits per heavy atom. The van der Waals surface area contributed by atoms with E-state index in [4.69, 9.17) is 10.9 Å². The lowest BCUT2D eigenvalue weighted by atomic mass is 10.2. The molecule has 2 rings (SSSR count). The normalized spacial score (nSPS) is 11.7. The molecule has 18 heavy (non-hydrogen) atoms. The van der Waals surface area contributed by atoms with Gasteiger partial charge < -0.3 is 15.5 Å². The molecule has 0 unspecified atom stereocenters. The molecule has 0 radical (unpaired) electrons. The van der Waals surface area contributed by atoms with Crippen molar-refractivity contribution in [2.75, 3.05) is 0 Å². The van der Waals surface area contributed by atoms with Crippen LogP contribution in [0.3, 0.4) is 0 Å². The lowest BCUT2D eigenvalue weighted by Crippen LogP contribution is -2.12. The molecule has 0 atom stereocenters. The lowest BCUT2D eigenvalue weighted by molar-refractivity contribution is 0.316. The van der Waals surface area contributed by atoms with Gasteiger partial charge in [0.2, 0.25) is 0 Å². The Morgan fingerprint density at radius 2 is 2.11 bits per heavy atom. The molecule has 3 N–H and O–H groups in total. The molecule has 1 aromatic carbocycles. The summed E-state index contributed by atoms with van der Waals surface area (Å²) in [5.41, 5.74) is 6.53. The average Bonchev–Trinajstić information content (AvgIpc) is 2.88. The zero-order valence-corrected chi connectivity index (χ0v) is 10.0. The summed E-state index contributed by atoms with van der Waals surface area (Å²) >= 11 is 0. The topological polar surface area (TPSA) is 76.4 Å². The molecule has 0 spiro atoms. The molecular weight excluding hydrogens is 228 g/mol. The fraction of sp³-hybridized carbons (Fsp3) is 0.231. The molecule has 0 saturated heterocycles. The zero-order valence-electron chi connectivity index (χ0n) is 10.0. The largest absolute Gasteiger partial charge is 0.409 e. The van der Waals surface area contributed by atoms with Crippen LogP contribution in [0.1, 0.15) is 12.8 Å². The first-order valence-electron chi connectivity index (χ1n) is 5.84. The molecule has 0 fully saturated rings. The Labute approximate surface area is 106 Å². The molecule has 5 nitrogen and oxygen atoms in total. The van der Waals surface area contributed by atoms with E-state index in [-0.39, 0.29) is 5.84 Å². The van der Waals surface area contributed by atoms with Crippen molar-refractivity contribution in [2.45, 2.75) is 19.4 Å². The third-order valence-corrected chi connectivity index (χ3v) is 2.71. The van der Waals surface area contributed by atoms with E-state index < -0.39 is 0 Å². The van der Waals surface area contributed by atoms with Gasteiger partial charge in [-0.25, -0.2) is 4.98 Å². The molecule has 1 heterocycles. The summed E-state index contributed by atoms with van der Waals surface area (Å²) in [6, 6.07) is 10.0. The van der Waals surface area contributed by atoms with Crippen LogP contribution in [0.15, 0.2) is 47.9 Å². The van der Waals surface area contributed by atoms with E-state index in [0.29, 0.717) is 6.42 Å². The molecule has 1 aromatic heterocycles. The van der Waals surface area contributed by atoms with Crippen LogP contribution in [0.4, 0.5) is 0 Å². The number of imidazole rings is 1. The first-order chi connectivity index (χ1) is 8.81. The Bertz CT molecular complexity index is 519. The van der Waals surface area contributed by atoms with Gasteiger partial charge in [-0.2, -0.15) is 0 Å². The van der Waals surface area contributed by atoms with E-state index in [0.717, 1.165) is 24.4 Å². The summed E-state index contributed by atoms with van der Waals surface area (Å²) in [4.78, 5) is 4.36. The number of aryl methyl sites for hydroxylation is 1. The maximum absolute atomic E-state index is 8.47. The van der Waals surface area contributed by atoms with E-state index >= 15 is 0 Å². The van der Waals surface area contributed by atoms with Crippen LogP contribution in [0.5, 0.6) is 0 Å². The minimum atomic E-state index is 0.261. The maximum atomic E-state index is 8.47. The van der Waals surface area contributed by atoms with Gasteiger partial charge >= 0.3 is 0 Å². The van der Waals surface area contributed by atoms with E-state index in [2.05, 4.69) is 14.7 Å². The molecule has 0 aliphatic heterocycles. The molecule has 0 bridgehead atoms. The van der Waals surface area contributed by atoms with Crippen molar-refractivity contribution in [3.63, 3.8) is 0 Å². The van der Waals surface area contributed by atoms with Gasteiger partial charge in [-0.1, -0.05) is 35.5 Å². The van der Waals surface area contributed by atoms with Crippen molar-refractivity contribution in [2.24, 2.45) is 10.9 Å². The van der Waals surface area contributed by atoms with E-state index in [1.807, 2.05) is 36.5 Å². The summed E-state index contributed by atoms with van der Waals surface area (Å²) in [5.74, 6) is 1.20. The van der Waals surface area contributed by atoms with Crippen LogP contribution in [0.25, 0.3) is 11.4 Å². The summed E-state index contributed by atoms with van der Waals surface area (Å²) in [7, 11) is 0. The highest BCUT2D eigenvalue weighted by Gasteiger charge is 2.05. The van der Waals surface area contributed by atoms with Gasteiger partial charge in [0, 0.05) is 30.9 Å². The molecule has 5 heteroatoms. The van der Waals surface area contributed by atoms with Crippen LogP contribution >= 0.6 is 0 Å². The Hall–Kier alpha value is -2.30. The van der Waals surface area contributed by atoms with Crippen LogP contribution < -0.4 is 5.73 Å². The van der Waals surface area contributed by atoms with Gasteiger partial charge in [0.25, 0.3) is 0 Å². The van der Waals surface area contributed by atoms with Crippen molar-refractivity contribution < 1.29 is 5.21 Å². The van der Waals surface area contributed by atoms with Crippen LogP contribution in [0.2, 0.25) is 0 Å². The van der Waals surface area contributed by atoms with Crippen LogP contribution in [-0.4, -0.2) is 20.6 Å². The maximum Gasteiger partial charge on any atom is 0.139 e. The molecule has 0 aliphatic carbocycles. The molecule has 0 aliphatic rings. The molecular formula is C13H16N4O. The number of amidine groups is 1. The number of hydrogen-bond donors (Lipinski definition) is 2. The highest BCUT2D eigenvalue weighted by Crippen LogP contribution is 2.17. The second-order valence-electron chi connectivity index (χ2n) is 4.01. The van der Waals surface area contributed by atoms with Gasteiger partial charge in [0.05, 0.1) is 0 Å². The third-order valence-electron chi connectivity index (χ3n) is 2.71. The molecule has 2 aromatic rings. The van der Waals surface area contributed by atoms with E-state index in [9.17, 15) is 0 Å². The zero-order chi connectivity index (χ0) is 12.8. The number of nitrogens with zero attached hydrogens (tertiary/aromatic N) is 3. The van der Waals surface area contributed by atoms with Crippen LogP contribution in [0, 0.1) is 0 Å². The van der Waals surface area contributed by atoms with Crippen LogP contribution in [-0.2, 0) is 6.54 Å². The second-order valence-corrected chi connectivity index (χ2v) is 4.01. The molecule has 0 saturated carbocycles. The fourth-order valence-corrected chi connectivity index (χ4v) is 1.82. The van der Waals surface area contributed by atoms with Gasteiger partial charge in [0.1, 0.15) is 11.7 Å². The quantitative estimate of drug-likeness (QED) is 0.366. The highest BCUT2D eigenvalue weighted by molar-refractivity contribution is 5.79. The molecule has 0 amide bonds. The Morgan fingerprint density at radius 1 is 1.33 bits per heavy atom. The van der Waals surface area contributed by atoms with Gasteiger partial charge in [-0.15, -0.1) is 0 Å². The number of benzene rings is 1. The number of aromatic nitrogens is 2. The first-order valence-corrected chi connectivity index (χ1v) is 5.84. The number of nitrogens with two attached hydrogens (primary N) is 1. The fourth-order valence-electron chi connectivity index (χ4n) is 1.82. The van der Waals surface area contributed by atoms with E-state index in [1.165, 1.54) is 0 Å². The SMILES string of the molecule is N/C(CCCn1ccnc1-c1ccccc1)=N\O. The first kappa shape index (κ1) is 12.2. The Balaban J connectivity index is 2.05. The summed E-state index contributed by atoms with van der Waals surface area (Å²) in [5, 5.41) is 11.4. The minimum absolute atomic E-state index is 0.261. The monoisotopic (exact) mass is 244 g/mol. The molecule has 94 valence electrons. The Kier molecular flexibility index (Phi) is 3.96. The predicted molar refractivity (Wildman–Crippen MR) is 70.3 cm³/mol. The van der Waals surface area contributed by atoms with Gasteiger partial charge in [-0.05, 0) is 6.42 Å². The smallest absolute Gasteiger partial charge is 0.139 e. The summed E-state index contributed by atoms with van der Waals surface area (Å²) in [6.07, 6.45) is 5.11. The van der Waals surface area contributed by atoms with Crippen molar-refractivity contribution in [1.29, 1.82) is 0 Å². The number of oxime groups is 1. The summed E-state index contributed by atoms with van der Waals surface area (Å²) in [6.45, 7) is 0.792. The minimum Gasteiger partial charge on any atom is -0.409 e.